The van der Waals surface area contributed by atoms with E-state index in [4.69, 9.17) is 4.74 Å². The van der Waals surface area contributed by atoms with Crippen molar-refractivity contribution in [2.75, 3.05) is 26.2 Å². The van der Waals surface area contributed by atoms with Gasteiger partial charge in [0.1, 0.15) is 0 Å². The van der Waals surface area contributed by atoms with Crippen molar-refractivity contribution in [3.8, 4) is 5.88 Å². The number of ether oxygens (including phenoxy) is 1. The van der Waals surface area contributed by atoms with Crippen LogP contribution in [-0.4, -0.2) is 58.9 Å². The van der Waals surface area contributed by atoms with Crippen molar-refractivity contribution in [3.05, 3.63) is 23.4 Å². The summed E-state index contributed by atoms with van der Waals surface area (Å²) in [5.74, 6) is 0.535. The quantitative estimate of drug-likeness (QED) is 0.835. The monoisotopic (exact) mass is 317 g/mol. The molecule has 124 valence electrons. The number of rotatable bonds is 3. The average molecular weight is 317 g/mol. The number of amides is 2. The molecule has 0 aromatic carbocycles. The maximum atomic E-state index is 12.5. The molecule has 2 amide bonds. The molecule has 0 radical (unpaired) electrons. The van der Waals surface area contributed by atoms with Crippen molar-refractivity contribution in [2.45, 2.75) is 39.2 Å². The van der Waals surface area contributed by atoms with Crippen LogP contribution >= 0.6 is 0 Å². The average Bonchev–Trinajstić information content (AvgIpc) is 3.01. The molecular weight excluding hydrogens is 294 g/mol. The first kappa shape index (κ1) is 15.8. The molecule has 1 saturated heterocycles. The molecule has 2 aliphatic rings. The maximum Gasteiger partial charge on any atom is 0.263 e. The Balaban J connectivity index is 1.57. The summed E-state index contributed by atoms with van der Waals surface area (Å²) in [7, 11) is 0. The van der Waals surface area contributed by atoms with Crippen molar-refractivity contribution >= 4 is 11.8 Å². The number of pyridine rings is 1. The number of aromatic nitrogens is 1. The van der Waals surface area contributed by atoms with Crippen LogP contribution in [0.5, 0.6) is 5.88 Å². The third kappa shape index (κ3) is 3.46. The molecule has 1 fully saturated rings. The van der Waals surface area contributed by atoms with Crippen molar-refractivity contribution in [3.63, 3.8) is 0 Å². The molecular formula is C17H23N3O3. The number of hydrogen-bond acceptors (Lipinski definition) is 4. The lowest BCUT2D eigenvalue weighted by Crippen LogP contribution is -2.52. The third-order valence-corrected chi connectivity index (χ3v) is 4.58. The molecule has 0 saturated carbocycles. The highest BCUT2D eigenvalue weighted by molar-refractivity contribution is 5.81. The molecule has 1 aliphatic heterocycles. The Hall–Kier alpha value is -2.11. The first-order valence-corrected chi connectivity index (χ1v) is 8.24. The van der Waals surface area contributed by atoms with Gasteiger partial charge in [-0.1, -0.05) is 6.07 Å². The van der Waals surface area contributed by atoms with Gasteiger partial charge in [-0.2, -0.15) is 0 Å². The molecule has 1 atom stereocenters. The normalized spacial score (nSPS) is 18.5. The SMILES string of the molecule is CC(=O)N1CCN(C(=O)C(C)Oc2ccc3c(n2)CCC3)CC1. The third-order valence-electron chi connectivity index (χ3n) is 4.58. The fraction of sp³-hybridized carbons (Fsp3) is 0.588. The minimum atomic E-state index is -0.564. The Kier molecular flexibility index (Phi) is 4.50. The fourth-order valence-corrected chi connectivity index (χ4v) is 3.20. The van der Waals surface area contributed by atoms with Crippen LogP contribution in [0.2, 0.25) is 0 Å². The summed E-state index contributed by atoms with van der Waals surface area (Å²) in [6.07, 6.45) is 2.64. The molecule has 0 N–H and O–H groups in total. The van der Waals surface area contributed by atoms with Gasteiger partial charge in [0, 0.05) is 44.9 Å². The lowest BCUT2D eigenvalue weighted by atomic mass is 10.2. The van der Waals surface area contributed by atoms with E-state index in [1.165, 1.54) is 5.56 Å². The summed E-state index contributed by atoms with van der Waals surface area (Å²) < 4.78 is 5.75. The van der Waals surface area contributed by atoms with Gasteiger partial charge in [0.2, 0.25) is 11.8 Å². The minimum Gasteiger partial charge on any atom is -0.465 e. The van der Waals surface area contributed by atoms with Crippen LogP contribution in [0, 0.1) is 0 Å². The van der Waals surface area contributed by atoms with Crippen LogP contribution < -0.4 is 4.74 Å². The predicted octanol–water partition coefficient (Wildman–Crippen LogP) is 1.03. The van der Waals surface area contributed by atoms with E-state index in [0.717, 1.165) is 25.0 Å². The van der Waals surface area contributed by atoms with E-state index in [1.54, 1.807) is 23.6 Å². The number of carbonyl (C=O) groups excluding carboxylic acids is 2. The summed E-state index contributed by atoms with van der Waals surface area (Å²) in [5, 5.41) is 0. The zero-order valence-electron chi connectivity index (χ0n) is 13.7. The molecule has 0 bridgehead atoms. The van der Waals surface area contributed by atoms with Gasteiger partial charge in [0.25, 0.3) is 5.91 Å². The molecule has 23 heavy (non-hydrogen) atoms. The van der Waals surface area contributed by atoms with Gasteiger partial charge < -0.3 is 14.5 Å². The highest BCUT2D eigenvalue weighted by Gasteiger charge is 2.27. The lowest BCUT2D eigenvalue weighted by molar-refractivity contribution is -0.143. The summed E-state index contributed by atoms with van der Waals surface area (Å²) in [5.41, 5.74) is 2.38. The minimum absolute atomic E-state index is 0.0458. The Bertz CT molecular complexity index is 609. The topological polar surface area (TPSA) is 62.7 Å². The predicted molar refractivity (Wildman–Crippen MR) is 85.2 cm³/mol. The van der Waals surface area contributed by atoms with E-state index < -0.39 is 6.10 Å². The summed E-state index contributed by atoms with van der Waals surface area (Å²) in [6, 6.07) is 3.90. The summed E-state index contributed by atoms with van der Waals surface area (Å²) >= 11 is 0. The molecule has 1 aliphatic carbocycles. The first-order chi connectivity index (χ1) is 11.0. The molecule has 1 aromatic rings. The largest absolute Gasteiger partial charge is 0.465 e. The van der Waals surface area contributed by atoms with E-state index in [-0.39, 0.29) is 11.8 Å². The van der Waals surface area contributed by atoms with E-state index in [9.17, 15) is 9.59 Å². The van der Waals surface area contributed by atoms with Crippen LogP contribution in [0.3, 0.4) is 0 Å². The van der Waals surface area contributed by atoms with Crippen molar-refractivity contribution in [1.82, 2.24) is 14.8 Å². The van der Waals surface area contributed by atoms with E-state index in [1.807, 2.05) is 12.1 Å². The molecule has 3 rings (SSSR count). The van der Waals surface area contributed by atoms with E-state index in [2.05, 4.69) is 4.98 Å². The van der Waals surface area contributed by atoms with Gasteiger partial charge in [-0.15, -0.1) is 0 Å². The van der Waals surface area contributed by atoms with Gasteiger partial charge >= 0.3 is 0 Å². The zero-order chi connectivity index (χ0) is 16.4. The van der Waals surface area contributed by atoms with Crippen LogP contribution in [0.25, 0.3) is 0 Å². The van der Waals surface area contributed by atoms with Crippen molar-refractivity contribution < 1.29 is 14.3 Å². The number of carbonyl (C=O) groups is 2. The molecule has 6 nitrogen and oxygen atoms in total. The molecule has 6 heteroatoms. The fourth-order valence-electron chi connectivity index (χ4n) is 3.20. The second-order valence-electron chi connectivity index (χ2n) is 6.20. The second-order valence-corrected chi connectivity index (χ2v) is 6.20. The van der Waals surface area contributed by atoms with Gasteiger partial charge in [-0.05, 0) is 31.7 Å². The van der Waals surface area contributed by atoms with Gasteiger partial charge in [-0.3, -0.25) is 9.59 Å². The van der Waals surface area contributed by atoms with Crippen molar-refractivity contribution in [1.29, 1.82) is 0 Å². The Labute approximate surface area is 136 Å². The first-order valence-electron chi connectivity index (χ1n) is 8.24. The van der Waals surface area contributed by atoms with Crippen LogP contribution in [0.1, 0.15) is 31.5 Å². The molecule has 1 aromatic heterocycles. The van der Waals surface area contributed by atoms with Gasteiger partial charge in [-0.25, -0.2) is 4.98 Å². The van der Waals surface area contributed by atoms with E-state index >= 15 is 0 Å². The van der Waals surface area contributed by atoms with E-state index in [0.29, 0.717) is 32.1 Å². The highest BCUT2D eigenvalue weighted by Crippen LogP contribution is 2.23. The molecule has 0 spiro atoms. The van der Waals surface area contributed by atoms with Crippen LogP contribution in [0.4, 0.5) is 0 Å². The van der Waals surface area contributed by atoms with Crippen LogP contribution in [-0.2, 0) is 22.4 Å². The number of aryl methyl sites for hydroxylation is 2. The highest BCUT2D eigenvalue weighted by atomic mass is 16.5. The standard InChI is InChI=1S/C17H23N3O3/c1-12(17(22)20-10-8-19(9-11-20)13(2)21)23-16-7-6-14-4-3-5-15(14)18-16/h6-7,12H,3-5,8-11H2,1-2H3. The smallest absolute Gasteiger partial charge is 0.263 e. The Morgan fingerprint density at radius 2 is 1.83 bits per heavy atom. The number of fused-ring (bicyclic) bond motifs is 1. The second kappa shape index (κ2) is 6.56. The number of hydrogen-bond donors (Lipinski definition) is 0. The summed E-state index contributed by atoms with van der Waals surface area (Å²) in [4.78, 5) is 31.8. The summed E-state index contributed by atoms with van der Waals surface area (Å²) in [6.45, 7) is 5.61. The maximum absolute atomic E-state index is 12.5. The Morgan fingerprint density at radius 3 is 2.52 bits per heavy atom. The van der Waals surface area contributed by atoms with Gasteiger partial charge in [0.15, 0.2) is 6.10 Å². The number of nitrogens with zero attached hydrogens (tertiary/aromatic N) is 3. The lowest BCUT2D eigenvalue weighted by Gasteiger charge is -2.35. The number of piperazine rings is 1. The zero-order valence-corrected chi connectivity index (χ0v) is 13.7. The molecule has 1 unspecified atom stereocenters. The Morgan fingerprint density at radius 1 is 1.13 bits per heavy atom. The molecule has 2 heterocycles. The van der Waals surface area contributed by atoms with Gasteiger partial charge in [0.05, 0.1) is 0 Å². The van der Waals surface area contributed by atoms with Crippen molar-refractivity contribution in [2.24, 2.45) is 0 Å². The van der Waals surface area contributed by atoms with Crippen LogP contribution in [0.15, 0.2) is 12.1 Å².